The standard InChI is InChI=1S/C13H16BrFO/c14-9-13(16-12-6-1-2-7-12)10-4-3-5-11(15)8-10/h3-5,8,12-13H,1-2,6-7,9H2. The maximum Gasteiger partial charge on any atom is 0.123 e. The van der Waals surface area contributed by atoms with Crippen molar-refractivity contribution in [3.8, 4) is 0 Å². The van der Waals surface area contributed by atoms with Gasteiger partial charge in [0.15, 0.2) is 0 Å². The Labute approximate surface area is 104 Å². The molecule has 2 rings (SSSR count). The fourth-order valence-corrected chi connectivity index (χ4v) is 2.69. The first-order valence-electron chi connectivity index (χ1n) is 5.76. The van der Waals surface area contributed by atoms with Crippen LogP contribution in [0.3, 0.4) is 0 Å². The third-order valence-electron chi connectivity index (χ3n) is 3.02. The maximum absolute atomic E-state index is 13.1. The van der Waals surface area contributed by atoms with Gasteiger partial charge in [-0.1, -0.05) is 40.9 Å². The molecule has 16 heavy (non-hydrogen) atoms. The average molecular weight is 287 g/mol. The van der Waals surface area contributed by atoms with E-state index >= 15 is 0 Å². The highest BCUT2D eigenvalue weighted by atomic mass is 79.9. The Balaban J connectivity index is 2.03. The van der Waals surface area contributed by atoms with E-state index in [0.717, 1.165) is 18.4 Å². The Kier molecular flexibility index (Phi) is 4.36. The molecule has 1 aliphatic carbocycles. The van der Waals surface area contributed by atoms with Crippen LogP contribution in [-0.4, -0.2) is 11.4 Å². The van der Waals surface area contributed by atoms with Crippen molar-refractivity contribution in [3.63, 3.8) is 0 Å². The van der Waals surface area contributed by atoms with Crippen molar-refractivity contribution in [2.45, 2.75) is 37.9 Å². The number of alkyl halides is 1. The summed E-state index contributed by atoms with van der Waals surface area (Å²) in [5.74, 6) is -0.196. The van der Waals surface area contributed by atoms with Gasteiger partial charge in [-0.25, -0.2) is 4.39 Å². The van der Waals surface area contributed by atoms with Gasteiger partial charge in [-0.2, -0.15) is 0 Å². The quantitative estimate of drug-likeness (QED) is 0.753. The summed E-state index contributed by atoms with van der Waals surface area (Å²) in [7, 11) is 0. The molecule has 1 aromatic rings. The van der Waals surface area contributed by atoms with E-state index in [1.807, 2.05) is 6.07 Å². The lowest BCUT2D eigenvalue weighted by molar-refractivity contribution is 0.00420. The zero-order valence-corrected chi connectivity index (χ0v) is 10.7. The monoisotopic (exact) mass is 286 g/mol. The number of hydrogen-bond acceptors (Lipinski definition) is 1. The first kappa shape index (κ1) is 12.1. The lowest BCUT2D eigenvalue weighted by Crippen LogP contribution is -2.14. The normalized spacial score (nSPS) is 18.9. The molecular formula is C13H16BrFO. The van der Waals surface area contributed by atoms with E-state index in [0.29, 0.717) is 11.4 Å². The highest BCUT2D eigenvalue weighted by molar-refractivity contribution is 9.09. The molecule has 0 radical (unpaired) electrons. The molecule has 0 aromatic heterocycles. The fourth-order valence-electron chi connectivity index (χ4n) is 2.17. The Bertz CT molecular complexity index is 336. The summed E-state index contributed by atoms with van der Waals surface area (Å²) in [5.41, 5.74) is 0.920. The Morgan fingerprint density at radius 3 is 2.75 bits per heavy atom. The van der Waals surface area contributed by atoms with Crippen LogP contribution in [0.2, 0.25) is 0 Å². The smallest absolute Gasteiger partial charge is 0.123 e. The van der Waals surface area contributed by atoms with Crippen LogP contribution in [0.15, 0.2) is 24.3 Å². The molecule has 1 atom stereocenters. The molecule has 1 saturated carbocycles. The van der Waals surface area contributed by atoms with Gasteiger partial charge in [-0.05, 0) is 30.5 Å². The zero-order valence-electron chi connectivity index (χ0n) is 9.16. The predicted molar refractivity (Wildman–Crippen MR) is 66.3 cm³/mol. The summed E-state index contributed by atoms with van der Waals surface area (Å²) in [6.45, 7) is 0. The third kappa shape index (κ3) is 3.05. The van der Waals surface area contributed by atoms with Gasteiger partial charge < -0.3 is 4.74 Å². The van der Waals surface area contributed by atoms with Gasteiger partial charge in [0.1, 0.15) is 5.82 Å². The summed E-state index contributed by atoms with van der Waals surface area (Å²) >= 11 is 3.44. The van der Waals surface area contributed by atoms with Crippen LogP contribution < -0.4 is 0 Å². The van der Waals surface area contributed by atoms with Gasteiger partial charge in [0, 0.05) is 5.33 Å². The molecule has 1 fully saturated rings. The summed E-state index contributed by atoms with van der Waals surface area (Å²) in [6, 6.07) is 6.67. The second-order valence-electron chi connectivity index (χ2n) is 4.24. The van der Waals surface area contributed by atoms with Gasteiger partial charge in [0.25, 0.3) is 0 Å². The van der Waals surface area contributed by atoms with Crippen molar-refractivity contribution in [2.75, 3.05) is 5.33 Å². The van der Waals surface area contributed by atoms with Gasteiger partial charge in [-0.15, -0.1) is 0 Å². The van der Waals surface area contributed by atoms with Crippen molar-refractivity contribution in [3.05, 3.63) is 35.6 Å². The van der Waals surface area contributed by atoms with Crippen molar-refractivity contribution in [2.24, 2.45) is 0 Å². The number of hydrogen-bond donors (Lipinski definition) is 0. The molecule has 0 spiro atoms. The number of rotatable bonds is 4. The number of ether oxygens (including phenoxy) is 1. The van der Waals surface area contributed by atoms with Crippen molar-refractivity contribution >= 4 is 15.9 Å². The molecule has 88 valence electrons. The second kappa shape index (κ2) is 5.78. The van der Waals surface area contributed by atoms with E-state index in [-0.39, 0.29) is 11.9 Å². The van der Waals surface area contributed by atoms with E-state index < -0.39 is 0 Å². The first-order chi connectivity index (χ1) is 7.79. The van der Waals surface area contributed by atoms with E-state index in [4.69, 9.17) is 4.74 Å². The molecule has 0 saturated heterocycles. The average Bonchev–Trinajstić information content (AvgIpc) is 2.78. The molecule has 0 N–H and O–H groups in total. The van der Waals surface area contributed by atoms with Crippen LogP contribution in [0.25, 0.3) is 0 Å². The Morgan fingerprint density at radius 1 is 1.38 bits per heavy atom. The SMILES string of the molecule is Fc1cccc(C(CBr)OC2CCCC2)c1. The van der Waals surface area contributed by atoms with Gasteiger partial charge >= 0.3 is 0 Å². The zero-order chi connectivity index (χ0) is 11.4. The second-order valence-corrected chi connectivity index (χ2v) is 4.89. The van der Waals surface area contributed by atoms with Crippen LogP contribution in [0.5, 0.6) is 0 Å². The first-order valence-corrected chi connectivity index (χ1v) is 6.88. The van der Waals surface area contributed by atoms with E-state index in [1.165, 1.54) is 18.9 Å². The molecule has 1 aliphatic rings. The van der Waals surface area contributed by atoms with Crippen LogP contribution in [0.4, 0.5) is 4.39 Å². The lowest BCUT2D eigenvalue weighted by atomic mass is 10.1. The lowest BCUT2D eigenvalue weighted by Gasteiger charge is -2.20. The van der Waals surface area contributed by atoms with Crippen molar-refractivity contribution in [1.82, 2.24) is 0 Å². The number of benzene rings is 1. The minimum absolute atomic E-state index is 0.0289. The summed E-state index contributed by atoms with van der Waals surface area (Å²) < 4.78 is 19.1. The molecule has 0 aliphatic heterocycles. The summed E-state index contributed by atoms with van der Waals surface area (Å²) in [5, 5.41) is 0.715. The topological polar surface area (TPSA) is 9.23 Å². The summed E-state index contributed by atoms with van der Waals surface area (Å²) in [4.78, 5) is 0. The molecular weight excluding hydrogens is 271 g/mol. The molecule has 0 heterocycles. The van der Waals surface area contributed by atoms with Gasteiger partial charge in [0.05, 0.1) is 12.2 Å². The molecule has 0 bridgehead atoms. The number of halogens is 2. The van der Waals surface area contributed by atoms with Crippen LogP contribution in [0.1, 0.15) is 37.4 Å². The Morgan fingerprint density at radius 2 is 2.12 bits per heavy atom. The highest BCUT2D eigenvalue weighted by Gasteiger charge is 2.21. The van der Waals surface area contributed by atoms with E-state index in [2.05, 4.69) is 15.9 Å². The van der Waals surface area contributed by atoms with Crippen LogP contribution >= 0.6 is 15.9 Å². The van der Waals surface area contributed by atoms with Gasteiger partial charge in [-0.3, -0.25) is 0 Å². The maximum atomic E-state index is 13.1. The highest BCUT2D eigenvalue weighted by Crippen LogP contribution is 2.29. The molecule has 1 unspecified atom stereocenters. The molecule has 0 amide bonds. The Hall–Kier alpha value is -0.410. The van der Waals surface area contributed by atoms with Crippen molar-refractivity contribution in [1.29, 1.82) is 0 Å². The molecule has 3 heteroatoms. The van der Waals surface area contributed by atoms with E-state index in [9.17, 15) is 4.39 Å². The van der Waals surface area contributed by atoms with Crippen LogP contribution in [-0.2, 0) is 4.74 Å². The van der Waals surface area contributed by atoms with Crippen LogP contribution in [0, 0.1) is 5.82 Å². The van der Waals surface area contributed by atoms with E-state index in [1.54, 1.807) is 12.1 Å². The van der Waals surface area contributed by atoms with Crippen molar-refractivity contribution < 1.29 is 9.13 Å². The third-order valence-corrected chi connectivity index (χ3v) is 3.61. The summed E-state index contributed by atoms with van der Waals surface area (Å²) in [6.07, 6.45) is 5.10. The fraction of sp³-hybridized carbons (Fsp3) is 0.538. The largest absolute Gasteiger partial charge is 0.369 e. The molecule has 1 nitrogen and oxygen atoms in total. The minimum atomic E-state index is -0.196. The van der Waals surface area contributed by atoms with Gasteiger partial charge in [0.2, 0.25) is 0 Å². The predicted octanol–water partition coefficient (Wildman–Crippen LogP) is 4.22. The minimum Gasteiger partial charge on any atom is -0.369 e. The molecule has 1 aromatic carbocycles.